The lowest BCUT2D eigenvalue weighted by Crippen LogP contribution is -2.18. The van der Waals surface area contributed by atoms with E-state index in [9.17, 15) is 13.2 Å². The summed E-state index contributed by atoms with van der Waals surface area (Å²) in [5.41, 5.74) is 1.18. The van der Waals surface area contributed by atoms with E-state index < -0.39 is 6.36 Å². The summed E-state index contributed by atoms with van der Waals surface area (Å²) in [6.07, 6.45) is -4.71. The van der Waals surface area contributed by atoms with Gasteiger partial charge in [0.2, 0.25) is 0 Å². The number of ether oxygens (including phenoxy) is 1. The number of rotatable bonds is 4. The molecule has 0 aliphatic rings. The normalized spacial score (nSPS) is 11.2. The van der Waals surface area contributed by atoms with E-state index in [-0.39, 0.29) is 11.4 Å². The van der Waals surface area contributed by atoms with Gasteiger partial charge in [0.25, 0.3) is 0 Å². The molecule has 0 radical (unpaired) electrons. The van der Waals surface area contributed by atoms with Crippen molar-refractivity contribution in [2.24, 2.45) is 0 Å². The van der Waals surface area contributed by atoms with Crippen LogP contribution in [0.15, 0.2) is 48.5 Å². The average molecular weight is 302 g/mol. The number of hydrogen-bond acceptors (Lipinski definition) is 2. The van der Waals surface area contributed by atoms with Gasteiger partial charge in [-0.15, -0.1) is 13.2 Å². The molecule has 2 aromatic carbocycles. The number of hydrogen-bond donors (Lipinski definition) is 1. The van der Waals surface area contributed by atoms with Gasteiger partial charge in [-0.1, -0.05) is 35.9 Å². The van der Waals surface area contributed by atoms with Crippen molar-refractivity contribution in [1.29, 1.82) is 0 Å². The number of para-hydroxylation sites is 2. The van der Waals surface area contributed by atoms with Gasteiger partial charge in [0.1, 0.15) is 0 Å². The first-order valence-corrected chi connectivity index (χ1v) is 6.15. The predicted molar refractivity (Wildman–Crippen MR) is 71.9 cm³/mol. The van der Waals surface area contributed by atoms with Gasteiger partial charge in [0.05, 0.1) is 5.69 Å². The third-order valence-electron chi connectivity index (χ3n) is 2.51. The summed E-state index contributed by atoms with van der Waals surface area (Å²) in [6.45, 7) is 0.370. The fraction of sp³-hybridized carbons (Fsp3) is 0.143. The summed E-state index contributed by atoms with van der Waals surface area (Å²) < 4.78 is 40.7. The molecule has 2 rings (SSSR count). The molecule has 0 atom stereocenters. The third-order valence-corrected chi connectivity index (χ3v) is 2.76. The van der Waals surface area contributed by atoms with Gasteiger partial charge in [0, 0.05) is 11.6 Å². The molecule has 106 valence electrons. The maximum atomic E-state index is 12.3. The van der Waals surface area contributed by atoms with Gasteiger partial charge >= 0.3 is 6.36 Å². The second kappa shape index (κ2) is 6.05. The lowest BCUT2D eigenvalue weighted by molar-refractivity contribution is -0.274. The molecular weight excluding hydrogens is 291 g/mol. The Hall–Kier alpha value is -1.88. The average Bonchev–Trinajstić information content (AvgIpc) is 2.38. The first-order chi connectivity index (χ1) is 9.44. The number of nitrogens with one attached hydrogen (secondary N) is 1. The minimum Gasteiger partial charge on any atom is -0.404 e. The molecule has 0 aliphatic carbocycles. The van der Waals surface area contributed by atoms with Crippen molar-refractivity contribution in [2.45, 2.75) is 12.9 Å². The first-order valence-electron chi connectivity index (χ1n) is 5.77. The van der Waals surface area contributed by atoms with Crippen LogP contribution in [0.1, 0.15) is 5.56 Å². The second-order valence-electron chi connectivity index (χ2n) is 4.02. The predicted octanol–water partition coefficient (Wildman–Crippen LogP) is 4.85. The van der Waals surface area contributed by atoms with Gasteiger partial charge in [0.15, 0.2) is 5.75 Å². The summed E-state index contributed by atoms with van der Waals surface area (Å²) in [5, 5.41) is 3.51. The van der Waals surface area contributed by atoms with E-state index in [0.717, 1.165) is 5.56 Å². The summed E-state index contributed by atoms with van der Waals surface area (Å²) in [5.74, 6) is -0.256. The smallest absolute Gasteiger partial charge is 0.404 e. The molecule has 20 heavy (non-hydrogen) atoms. The zero-order chi connectivity index (χ0) is 14.6. The van der Waals surface area contributed by atoms with Crippen molar-refractivity contribution >= 4 is 17.3 Å². The Labute approximate surface area is 119 Å². The SMILES string of the molecule is FC(F)(F)Oc1ccccc1NCc1ccc(Cl)cc1. The van der Waals surface area contributed by atoms with Gasteiger partial charge in [-0.3, -0.25) is 0 Å². The van der Waals surface area contributed by atoms with Crippen LogP contribution in [-0.4, -0.2) is 6.36 Å². The second-order valence-corrected chi connectivity index (χ2v) is 4.46. The molecule has 0 aliphatic heterocycles. The Balaban J connectivity index is 2.07. The van der Waals surface area contributed by atoms with Crippen LogP contribution >= 0.6 is 11.6 Å². The zero-order valence-corrected chi connectivity index (χ0v) is 11.0. The van der Waals surface area contributed by atoms with Crippen molar-refractivity contribution in [3.05, 3.63) is 59.1 Å². The van der Waals surface area contributed by atoms with Crippen molar-refractivity contribution < 1.29 is 17.9 Å². The van der Waals surface area contributed by atoms with E-state index in [1.165, 1.54) is 18.2 Å². The van der Waals surface area contributed by atoms with Crippen LogP contribution in [0.25, 0.3) is 0 Å². The van der Waals surface area contributed by atoms with Crippen LogP contribution < -0.4 is 10.1 Å². The van der Waals surface area contributed by atoms with E-state index in [4.69, 9.17) is 11.6 Å². The summed E-state index contributed by atoms with van der Waals surface area (Å²) in [6, 6.07) is 12.9. The lowest BCUT2D eigenvalue weighted by atomic mass is 10.2. The molecule has 0 spiro atoms. The quantitative estimate of drug-likeness (QED) is 0.871. The molecule has 0 fully saturated rings. The van der Waals surface area contributed by atoms with Crippen molar-refractivity contribution in [2.75, 3.05) is 5.32 Å². The summed E-state index contributed by atoms with van der Waals surface area (Å²) in [4.78, 5) is 0. The van der Waals surface area contributed by atoms with E-state index in [1.54, 1.807) is 30.3 Å². The Kier molecular flexibility index (Phi) is 4.39. The highest BCUT2D eigenvalue weighted by molar-refractivity contribution is 6.30. The number of benzene rings is 2. The maximum Gasteiger partial charge on any atom is 0.573 e. The Morgan fingerprint density at radius 2 is 1.65 bits per heavy atom. The number of alkyl halides is 3. The monoisotopic (exact) mass is 301 g/mol. The molecular formula is C14H11ClF3NO. The van der Waals surface area contributed by atoms with Crippen LogP contribution in [0.3, 0.4) is 0 Å². The van der Waals surface area contributed by atoms with E-state index in [1.807, 2.05) is 0 Å². The molecule has 2 nitrogen and oxygen atoms in total. The molecule has 0 heterocycles. The first kappa shape index (κ1) is 14.5. The highest BCUT2D eigenvalue weighted by Crippen LogP contribution is 2.30. The molecule has 0 aromatic heterocycles. The number of halogens is 4. The summed E-state index contributed by atoms with van der Waals surface area (Å²) >= 11 is 5.76. The van der Waals surface area contributed by atoms with E-state index in [2.05, 4.69) is 10.1 Å². The fourth-order valence-electron chi connectivity index (χ4n) is 1.63. The largest absolute Gasteiger partial charge is 0.573 e. The molecule has 2 aromatic rings. The maximum absolute atomic E-state index is 12.3. The molecule has 0 bridgehead atoms. The van der Waals surface area contributed by atoms with Gasteiger partial charge < -0.3 is 10.1 Å². The van der Waals surface area contributed by atoms with Gasteiger partial charge in [-0.25, -0.2) is 0 Å². The van der Waals surface area contributed by atoms with E-state index in [0.29, 0.717) is 11.6 Å². The molecule has 0 unspecified atom stereocenters. The van der Waals surface area contributed by atoms with Crippen molar-refractivity contribution in [3.63, 3.8) is 0 Å². The highest BCUT2D eigenvalue weighted by atomic mass is 35.5. The molecule has 6 heteroatoms. The third kappa shape index (κ3) is 4.35. The minimum absolute atomic E-state index is 0.256. The van der Waals surface area contributed by atoms with Crippen molar-refractivity contribution in [1.82, 2.24) is 0 Å². The van der Waals surface area contributed by atoms with Gasteiger partial charge in [-0.05, 0) is 29.8 Å². The van der Waals surface area contributed by atoms with Crippen LogP contribution in [0.2, 0.25) is 5.02 Å². The highest BCUT2D eigenvalue weighted by Gasteiger charge is 2.31. The standard InChI is InChI=1S/C14H11ClF3NO/c15-11-7-5-10(6-8-11)9-19-12-3-1-2-4-13(12)20-14(16,17)18/h1-8,19H,9H2. The molecule has 0 saturated carbocycles. The van der Waals surface area contributed by atoms with E-state index >= 15 is 0 Å². The van der Waals surface area contributed by atoms with Crippen LogP contribution in [0.4, 0.5) is 18.9 Å². The minimum atomic E-state index is -4.71. The molecule has 0 amide bonds. The number of anilines is 1. The summed E-state index contributed by atoms with van der Waals surface area (Å²) in [7, 11) is 0. The topological polar surface area (TPSA) is 21.3 Å². The van der Waals surface area contributed by atoms with Gasteiger partial charge in [-0.2, -0.15) is 0 Å². The fourth-order valence-corrected chi connectivity index (χ4v) is 1.75. The Morgan fingerprint density at radius 1 is 1.00 bits per heavy atom. The van der Waals surface area contributed by atoms with Crippen LogP contribution in [-0.2, 0) is 6.54 Å². The van der Waals surface area contributed by atoms with Crippen LogP contribution in [0.5, 0.6) is 5.75 Å². The lowest BCUT2D eigenvalue weighted by Gasteiger charge is -2.14. The van der Waals surface area contributed by atoms with Crippen LogP contribution in [0, 0.1) is 0 Å². The Morgan fingerprint density at radius 3 is 2.30 bits per heavy atom. The van der Waals surface area contributed by atoms with Crippen molar-refractivity contribution in [3.8, 4) is 5.75 Å². The molecule has 0 saturated heterocycles. The zero-order valence-electron chi connectivity index (χ0n) is 10.2. The molecule has 1 N–H and O–H groups in total. The Bertz CT molecular complexity index is 569.